The molecule has 0 fully saturated rings. The van der Waals surface area contributed by atoms with Gasteiger partial charge in [0.1, 0.15) is 0 Å². The Morgan fingerprint density at radius 3 is 2.48 bits per heavy atom. The molecule has 0 unspecified atom stereocenters. The molecule has 2 aromatic carbocycles. The van der Waals surface area contributed by atoms with Crippen LogP contribution in [0.25, 0.3) is 17.3 Å². The van der Waals surface area contributed by atoms with E-state index in [0.29, 0.717) is 17.3 Å². The third-order valence-corrected chi connectivity index (χ3v) is 3.73. The van der Waals surface area contributed by atoms with Gasteiger partial charge in [-0.15, -0.1) is 0 Å². The summed E-state index contributed by atoms with van der Waals surface area (Å²) in [4.78, 5) is 12.0. The molecule has 0 atom stereocenters. The largest absolute Gasteiger partial charge is 0.268 e. The highest BCUT2D eigenvalue weighted by Gasteiger charge is 2.06. The lowest BCUT2D eigenvalue weighted by atomic mass is 10.1. The average Bonchev–Trinajstić information content (AvgIpc) is 2.58. The summed E-state index contributed by atoms with van der Waals surface area (Å²) in [5.74, 6) is 0. The lowest BCUT2D eigenvalue weighted by Gasteiger charge is -2.06. The van der Waals surface area contributed by atoms with Gasteiger partial charge in [0.25, 0.3) is 5.56 Å². The van der Waals surface area contributed by atoms with Crippen LogP contribution < -0.4 is 5.56 Å². The van der Waals surface area contributed by atoms with Crippen molar-refractivity contribution >= 4 is 17.7 Å². The number of nitrogens with zero attached hydrogens (tertiary/aromatic N) is 2. The van der Waals surface area contributed by atoms with E-state index in [9.17, 15) is 4.79 Å². The third-order valence-electron chi connectivity index (χ3n) is 3.40. The lowest BCUT2D eigenvalue weighted by molar-refractivity contribution is 0.656. The first-order valence-electron chi connectivity index (χ1n) is 7.29. The van der Waals surface area contributed by atoms with E-state index in [0.717, 1.165) is 11.1 Å². The second kappa shape index (κ2) is 7.07. The van der Waals surface area contributed by atoms with E-state index < -0.39 is 0 Å². The first-order chi connectivity index (χ1) is 11.2. The Morgan fingerprint density at radius 2 is 1.70 bits per heavy atom. The molecule has 0 aliphatic heterocycles. The van der Waals surface area contributed by atoms with Gasteiger partial charge in [-0.05, 0) is 17.7 Å². The predicted octanol–water partition coefficient (Wildman–Crippen LogP) is 4.28. The van der Waals surface area contributed by atoms with Crippen LogP contribution in [-0.2, 0) is 6.54 Å². The molecule has 0 amide bonds. The zero-order chi connectivity index (χ0) is 16.1. The van der Waals surface area contributed by atoms with E-state index in [1.165, 1.54) is 10.7 Å². The van der Waals surface area contributed by atoms with Crippen molar-refractivity contribution in [3.05, 3.63) is 93.7 Å². The van der Waals surface area contributed by atoms with Crippen LogP contribution in [0.15, 0.2) is 77.6 Å². The average molecular weight is 323 g/mol. The molecule has 0 aliphatic rings. The maximum absolute atomic E-state index is 12.0. The fraction of sp³-hybridized carbons (Fsp3) is 0.0526. The maximum Gasteiger partial charge on any atom is 0.267 e. The lowest BCUT2D eigenvalue weighted by Crippen LogP contribution is -2.21. The summed E-state index contributed by atoms with van der Waals surface area (Å²) in [6.45, 7) is 0.409. The SMILES string of the molecule is O=c1ccc(-c2ccccc2Cl)nn1C/C=C/c1ccccc1. The van der Waals surface area contributed by atoms with Gasteiger partial charge in [-0.2, -0.15) is 5.10 Å². The molecular formula is C19H15ClN2O. The number of allylic oxidation sites excluding steroid dienone is 1. The van der Waals surface area contributed by atoms with Crippen LogP contribution in [0.2, 0.25) is 5.02 Å². The minimum atomic E-state index is -0.140. The molecule has 114 valence electrons. The van der Waals surface area contributed by atoms with Crippen molar-refractivity contribution in [2.24, 2.45) is 0 Å². The Kier molecular flexibility index (Phi) is 4.69. The topological polar surface area (TPSA) is 34.9 Å². The van der Waals surface area contributed by atoms with E-state index >= 15 is 0 Å². The summed E-state index contributed by atoms with van der Waals surface area (Å²) in [6.07, 6.45) is 3.89. The fourth-order valence-corrected chi connectivity index (χ4v) is 2.48. The number of halogens is 1. The van der Waals surface area contributed by atoms with E-state index in [-0.39, 0.29) is 5.56 Å². The summed E-state index contributed by atoms with van der Waals surface area (Å²) in [5.41, 5.74) is 2.44. The van der Waals surface area contributed by atoms with Crippen molar-refractivity contribution in [3.8, 4) is 11.3 Å². The monoisotopic (exact) mass is 322 g/mol. The Morgan fingerprint density at radius 1 is 0.957 bits per heavy atom. The van der Waals surface area contributed by atoms with Crippen LogP contribution in [0.5, 0.6) is 0 Å². The zero-order valence-corrected chi connectivity index (χ0v) is 13.1. The highest BCUT2D eigenvalue weighted by atomic mass is 35.5. The molecule has 0 N–H and O–H groups in total. The van der Waals surface area contributed by atoms with Gasteiger partial charge >= 0.3 is 0 Å². The molecule has 4 heteroatoms. The van der Waals surface area contributed by atoms with Gasteiger partial charge in [0.2, 0.25) is 0 Å². The van der Waals surface area contributed by atoms with Gasteiger partial charge in [0.05, 0.1) is 17.3 Å². The Hall–Kier alpha value is -2.65. The number of benzene rings is 2. The molecule has 0 aliphatic carbocycles. The molecule has 23 heavy (non-hydrogen) atoms. The smallest absolute Gasteiger partial charge is 0.267 e. The summed E-state index contributed by atoms with van der Waals surface area (Å²) in [6, 6.07) is 20.6. The molecule has 0 saturated heterocycles. The molecule has 0 bridgehead atoms. The van der Waals surface area contributed by atoms with E-state index in [1.807, 2.05) is 66.7 Å². The zero-order valence-electron chi connectivity index (χ0n) is 12.4. The van der Waals surface area contributed by atoms with Gasteiger partial charge < -0.3 is 0 Å². The van der Waals surface area contributed by atoms with E-state index in [2.05, 4.69) is 5.10 Å². The van der Waals surface area contributed by atoms with E-state index in [4.69, 9.17) is 11.6 Å². The second-order valence-corrected chi connectivity index (χ2v) is 5.44. The van der Waals surface area contributed by atoms with Gasteiger partial charge in [0, 0.05) is 11.6 Å². The summed E-state index contributed by atoms with van der Waals surface area (Å²) in [5, 5.41) is 5.02. The molecule has 3 nitrogen and oxygen atoms in total. The molecule has 3 aromatic rings. The minimum Gasteiger partial charge on any atom is -0.268 e. The molecule has 1 heterocycles. The van der Waals surface area contributed by atoms with Crippen LogP contribution >= 0.6 is 11.6 Å². The van der Waals surface area contributed by atoms with E-state index in [1.54, 1.807) is 6.07 Å². The van der Waals surface area contributed by atoms with Gasteiger partial charge in [0.15, 0.2) is 0 Å². The first-order valence-corrected chi connectivity index (χ1v) is 7.66. The van der Waals surface area contributed by atoms with Crippen molar-refractivity contribution in [3.63, 3.8) is 0 Å². The van der Waals surface area contributed by atoms with Crippen molar-refractivity contribution in [2.75, 3.05) is 0 Å². The van der Waals surface area contributed by atoms with Crippen LogP contribution in [0.3, 0.4) is 0 Å². The van der Waals surface area contributed by atoms with Gasteiger partial charge in [-0.1, -0.05) is 72.3 Å². The molecule has 0 spiro atoms. The minimum absolute atomic E-state index is 0.140. The summed E-state index contributed by atoms with van der Waals surface area (Å²) >= 11 is 6.19. The van der Waals surface area contributed by atoms with Gasteiger partial charge in [-0.25, -0.2) is 4.68 Å². The number of hydrogen-bond acceptors (Lipinski definition) is 2. The Balaban J connectivity index is 1.86. The fourth-order valence-electron chi connectivity index (χ4n) is 2.25. The molecular weight excluding hydrogens is 308 g/mol. The van der Waals surface area contributed by atoms with Crippen LogP contribution in [0.1, 0.15) is 5.56 Å². The number of rotatable bonds is 4. The first kappa shape index (κ1) is 15.3. The molecule has 1 aromatic heterocycles. The predicted molar refractivity (Wildman–Crippen MR) is 94.4 cm³/mol. The van der Waals surface area contributed by atoms with Crippen molar-refractivity contribution < 1.29 is 0 Å². The standard InChI is InChI=1S/C19H15ClN2O/c20-17-11-5-4-10-16(17)18-12-13-19(23)22(21-18)14-6-9-15-7-2-1-3-8-15/h1-13H,14H2/b9-6+. The maximum atomic E-state index is 12.0. The third kappa shape index (κ3) is 3.76. The number of aromatic nitrogens is 2. The van der Waals surface area contributed by atoms with Crippen molar-refractivity contribution in [2.45, 2.75) is 6.54 Å². The molecule has 0 radical (unpaired) electrons. The van der Waals surface area contributed by atoms with Crippen LogP contribution in [-0.4, -0.2) is 9.78 Å². The van der Waals surface area contributed by atoms with Crippen molar-refractivity contribution in [1.29, 1.82) is 0 Å². The highest BCUT2D eigenvalue weighted by molar-refractivity contribution is 6.33. The second-order valence-electron chi connectivity index (χ2n) is 5.03. The normalized spacial score (nSPS) is 11.0. The highest BCUT2D eigenvalue weighted by Crippen LogP contribution is 2.24. The van der Waals surface area contributed by atoms with Crippen LogP contribution in [0.4, 0.5) is 0 Å². The summed E-state index contributed by atoms with van der Waals surface area (Å²) in [7, 11) is 0. The quantitative estimate of drug-likeness (QED) is 0.718. The molecule has 3 rings (SSSR count). The Labute approximate surface area is 139 Å². The summed E-state index contributed by atoms with van der Waals surface area (Å²) < 4.78 is 1.43. The molecule has 0 saturated carbocycles. The number of hydrogen-bond donors (Lipinski definition) is 0. The van der Waals surface area contributed by atoms with Crippen LogP contribution in [0, 0.1) is 0 Å². The van der Waals surface area contributed by atoms with Gasteiger partial charge in [-0.3, -0.25) is 4.79 Å². The van der Waals surface area contributed by atoms with Crippen molar-refractivity contribution in [1.82, 2.24) is 9.78 Å². The Bertz CT molecular complexity index is 885.